The van der Waals surface area contributed by atoms with Gasteiger partial charge in [0.15, 0.2) is 0 Å². The second kappa shape index (κ2) is 7.28. The fourth-order valence-corrected chi connectivity index (χ4v) is 1.68. The average Bonchev–Trinajstić information content (AvgIpc) is 2.37. The Labute approximate surface area is 121 Å². The van der Waals surface area contributed by atoms with Gasteiger partial charge in [-0.2, -0.15) is 10.2 Å². The number of nitrogens with zero attached hydrogens (tertiary/aromatic N) is 2. The molecule has 0 heterocycles. The van der Waals surface area contributed by atoms with Gasteiger partial charge in [0.2, 0.25) is 0 Å². The van der Waals surface area contributed by atoms with Crippen LogP contribution in [0.2, 0.25) is 0 Å². The number of nitrogens with one attached hydrogen (secondary N) is 2. The first kappa shape index (κ1) is 15.7. The van der Waals surface area contributed by atoms with Crippen LogP contribution in [0.3, 0.4) is 0 Å². The van der Waals surface area contributed by atoms with Crippen LogP contribution in [0.25, 0.3) is 0 Å². The maximum atomic E-state index is 4.10. The monoisotopic (exact) mass is 270 g/mol. The molecule has 2 N–H and O–H groups in total. The SMILES string of the molecule is C=C(C)Nc1ccc(NC(=C)C(N=NC)=C(C)C)cc1. The van der Waals surface area contributed by atoms with Gasteiger partial charge in [0.05, 0.1) is 5.70 Å². The number of allylic oxidation sites excluding steroid dienone is 2. The van der Waals surface area contributed by atoms with E-state index in [0.29, 0.717) is 0 Å². The van der Waals surface area contributed by atoms with Gasteiger partial charge in [-0.15, -0.1) is 0 Å². The van der Waals surface area contributed by atoms with Crippen molar-refractivity contribution >= 4 is 11.4 Å². The lowest BCUT2D eigenvalue weighted by Gasteiger charge is -2.12. The molecule has 1 aromatic carbocycles. The lowest BCUT2D eigenvalue weighted by molar-refractivity contribution is 1.06. The van der Waals surface area contributed by atoms with E-state index in [1.807, 2.05) is 45.0 Å². The standard InChI is InChI=1S/C16H22N4/c1-11(2)16(20-17-6)13(5)19-15-9-7-14(8-10-15)18-12(3)4/h7-10,18-19H,3,5H2,1-2,4,6H3. The van der Waals surface area contributed by atoms with Crippen molar-refractivity contribution in [2.45, 2.75) is 20.8 Å². The minimum Gasteiger partial charge on any atom is -0.360 e. The van der Waals surface area contributed by atoms with Crippen LogP contribution in [0.1, 0.15) is 20.8 Å². The van der Waals surface area contributed by atoms with Crippen LogP contribution in [0.4, 0.5) is 11.4 Å². The summed E-state index contributed by atoms with van der Waals surface area (Å²) in [4.78, 5) is 0. The van der Waals surface area contributed by atoms with Crippen molar-refractivity contribution in [2.24, 2.45) is 10.2 Å². The molecule has 0 aliphatic heterocycles. The summed E-state index contributed by atoms with van der Waals surface area (Å²) >= 11 is 0. The van der Waals surface area contributed by atoms with E-state index in [-0.39, 0.29) is 0 Å². The highest BCUT2D eigenvalue weighted by atomic mass is 15.1. The van der Waals surface area contributed by atoms with Crippen LogP contribution in [0, 0.1) is 0 Å². The number of rotatable bonds is 6. The number of benzene rings is 1. The lowest BCUT2D eigenvalue weighted by atomic mass is 10.2. The largest absolute Gasteiger partial charge is 0.360 e. The molecule has 0 aliphatic rings. The molecule has 4 nitrogen and oxygen atoms in total. The van der Waals surface area contributed by atoms with Crippen LogP contribution in [-0.4, -0.2) is 7.05 Å². The Morgan fingerprint density at radius 3 is 1.85 bits per heavy atom. The molecule has 1 aromatic rings. The second-order valence-corrected chi connectivity index (χ2v) is 4.73. The van der Waals surface area contributed by atoms with E-state index in [9.17, 15) is 0 Å². The Balaban J connectivity index is 2.81. The molecular formula is C16H22N4. The maximum absolute atomic E-state index is 4.10. The van der Waals surface area contributed by atoms with Gasteiger partial charge in [0.1, 0.15) is 5.70 Å². The fraction of sp³-hybridized carbons (Fsp3) is 0.250. The van der Waals surface area contributed by atoms with Gasteiger partial charge >= 0.3 is 0 Å². The van der Waals surface area contributed by atoms with Crippen LogP contribution >= 0.6 is 0 Å². The Morgan fingerprint density at radius 2 is 1.45 bits per heavy atom. The van der Waals surface area contributed by atoms with Crippen molar-refractivity contribution in [2.75, 3.05) is 17.7 Å². The van der Waals surface area contributed by atoms with Crippen molar-refractivity contribution in [3.05, 3.63) is 60.1 Å². The topological polar surface area (TPSA) is 48.8 Å². The third-order valence-electron chi connectivity index (χ3n) is 2.50. The molecule has 0 atom stereocenters. The van der Waals surface area contributed by atoms with E-state index in [4.69, 9.17) is 0 Å². The first-order chi connectivity index (χ1) is 9.43. The molecule has 0 amide bonds. The molecular weight excluding hydrogens is 248 g/mol. The van der Waals surface area contributed by atoms with Crippen molar-refractivity contribution < 1.29 is 0 Å². The minimum atomic E-state index is 0.733. The Morgan fingerprint density at radius 1 is 0.950 bits per heavy atom. The highest BCUT2D eigenvalue weighted by molar-refractivity contribution is 5.59. The third-order valence-corrected chi connectivity index (χ3v) is 2.50. The van der Waals surface area contributed by atoms with Crippen molar-refractivity contribution in [1.82, 2.24) is 0 Å². The highest BCUT2D eigenvalue weighted by Gasteiger charge is 2.04. The number of anilines is 2. The first-order valence-corrected chi connectivity index (χ1v) is 6.40. The lowest BCUT2D eigenvalue weighted by Crippen LogP contribution is -2.01. The summed E-state index contributed by atoms with van der Waals surface area (Å²) in [6.07, 6.45) is 0. The number of hydrogen-bond donors (Lipinski definition) is 2. The summed E-state index contributed by atoms with van der Waals surface area (Å²) in [5, 5.41) is 14.3. The van der Waals surface area contributed by atoms with Gasteiger partial charge in [0.25, 0.3) is 0 Å². The van der Waals surface area contributed by atoms with Crippen molar-refractivity contribution in [3.8, 4) is 0 Å². The molecule has 0 saturated heterocycles. The average molecular weight is 270 g/mol. The zero-order valence-corrected chi connectivity index (χ0v) is 12.6. The maximum Gasteiger partial charge on any atom is 0.107 e. The molecule has 1 rings (SSSR count). The van der Waals surface area contributed by atoms with Crippen molar-refractivity contribution in [1.29, 1.82) is 0 Å². The molecule has 0 saturated carbocycles. The van der Waals surface area contributed by atoms with E-state index >= 15 is 0 Å². The zero-order valence-electron chi connectivity index (χ0n) is 12.6. The number of hydrogen-bond acceptors (Lipinski definition) is 4. The van der Waals surface area contributed by atoms with Gasteiger partial charge in [0, 0.05) is 24.1 Å². The quantitative estimate of drug-likeness (QED) is 0.568. The summed E-state index contributed by atoms with van der Waals surface area (Å²) in [6, 6.07) is 7.91. The van der Waals surface area contributed by atoms with Crippen LogP contribution in [-0.2, 0) is 0 Å². The molecule has 0 aromatic heterocycles. The van der Waals surface area contributed by atoms with Crippen LogP contribution < -0.4 is 10.6 Å². The van der Waals surface area contributed by atoms with Crippen LogP contribution in [0.5, 0.6) is 0 Å². The van der Waals surface area contributed by atoms with E-state index in [1.54, 1.807) is 7.05 Å². The van der Waals surface area contributed by atoms with Gasteiger partial charge in [-0.05, 0) is 50.6 Å². The minimum absolute atomic E-state index is 0.733. The molecule has 0 fully saturated rings. The summed E-state index contributed by atoms with van der Waals surface area (Å²) in [7, 11) is 1.65. The van der Waals surface area contributed by atoms with Gasteiger partial charge in [-0.3, -0.25) is 0 Å². The van der Waals surface area contributed by atoms with E-state index in [2.05, 4.69) is 34.0 Å². The third kappa shape index (κ3) is 4.72. The molecule has 4 heteroatoms. The fourth-order valence-electron chi connectivity index (χ4n) is 1.68. The summed E-state index contributed by atoms with van der Waals surface area (Å²) in [5.41, 5.74) is 5.43. The molecule has 0 spiro atoms. The van der Waals surface area contributed by atoms with Gasteiger partial charge in [-0.1, -0.05) is 13.2 Å². The van der Waals surface area contributed by atoms with Crippen molar-refractivity contribution in [3.63, 3.8) is 0 Å². The number of azo groups is 1. The normalized spacial score (nSPS) is 10.2. The Bertz CT molecular complexity index is 546. The molecule has 0 bridgehead atoms. The Hall–Kier alpha value is -2.36. The smallest absolute Gasteiger partial charge is 0.107 e. The zero-order chi connectivity index (χ0) is 15.1. The predicted octanol–water partition coefficient (Wildman–Crippen LogP) is 4.93. The van der Waals surface area contributed by atoms with E-state index in [0.717, 1.165) is 34.0 Å². The highest BCUT2D eigenvalue weighted by Crippen LogP contribution is 2.20. The molecule has 0 radical (unpaired) electrons. The van der Waals surface area contributed by atoms with E-state index < -0.39 is 0 Å². The molecule has 106 valence electrons. The summed E-state index contributed by atoms with van der Waals surface area (Å²) in [5.74, 6) is 0. The molecule has 20 heavy (non-hydrogen) atoms. The summed E-state index contributed by atoms with van der Waals surface area (Å²) < 4.78 is 0. The Kier molecular flexibility index (Phi) is 5.72. The predicted molar refractivity (Wildman–Crippen MR) is 86.8 cm³/mol. The first-order valence-electron chi connectivity index (χ1n) is 6.40. The second-order valence-electron chi connectivity index (χ2n) is 4.73. The van der Waals surface area contributed by atoms with Gasteiger partial charge in [-0.25, -0.2) is 0 Å². The molecule has 0 unspecified atom stereocenters. The molecule has 0 aliphatic carbocycles. The van der Waals surface area contributed by atoms with Crippen LogP contribution in [0.15, 0.2) is 70.3 Å². The van der Waals surface area contributed by atoms with E-state index in [1.165, 1.54) is 0 Å². The summed E-state index contributed by atoms with van der Waals surface area (Å²) in [6.45, 7) is 13.7. The van der Waals surface area contributed by atoms with Gasteiger partial charge < -0.3 is 10.6 Å².